The summed E-state index contributed by atoms with van der Waals surface area (Å²) in [4.78, 5) is 12.3. The van der Waals surface area contributed by atoms with Crippen LogP contribution in [0.3, 0.4) is 0 Å². The standard InChI is InChI=1S/C25H24F2N2O3/c1-2-3-4-7-16-31-19-12-10-18(11-13-19)25(30)32-20-14-15-24(22(27)17-20)29-28-23-9-6-5-8-21(23)26/h5-6,8-15,17H,2-4,7,16H2,1H3. The maximum absolute atomic E-state index is 14.3. The second-order valence-corrected chi connectivity index (χ2v) is 7.09. The van der Waals surface area contributed by atoms with Crippen LogP contribution in [-0.4, -0.2) is 12.6 Å². The molecule has 0 aliphatic rings. The number of unbranched alkanes of at least 4 members (excludes halogenated alkanes) is 3. The maximum Gasteiger partial charge on any atom is 0.343 e. The Kier molecular flexibility index (Phi) is 8.43. The molecule has 0 aromatic heterocycles. The van der Waals surface area contributed by atoms with Crippen LogP contribution in [0.15, 0.2) is 77.0 Å². The Morgan fingerprint density at radius 3 is 2.19 bits per heavy atom. The van der Waals surface area contributed by atoms with Crippen molar-refractivity contribution < 1.29 is 23.0 Å². The van der Waals surface area contributed by atoms with Crippen molar-refractivity contribution in [1.82, 2.24) is 0 Å². The summed E-state index contributed by atoms with van der Waals surface area (Å²) in [5, 5.41) is 7.43. The highest BCUT2D eigenvalue weighted by atomic mass is 19.1. The van der Waals surface area contributed by atoms with Gasteiger partial charge in [-0.1, -0.05) is 38.3 Å². The molecule has 0 unspecified atom stereocenters. The number of esters is 1. The van der Waals surface area contributed by atoms with Gasteiger partial charge in [0.05, 0.1) is 12.2 Å². The molecule has 166 valence electrons. The molecule has 7 heteroatoms. The minimum Gasteiger partial charge on any atom is -0.494 e. The van der Waals surface area contributed by atoms with Crippen molar-refractivity contribution in [2.45, 2.75) is 32.6 Å². The number of carbonyl (C=O) groups is 1. The summed E-state index contributed by atoms with van der Waals surface area (Å²) in [5.74, 6) is -1.24. The monoisotopic (exact) mass is 438 g/mol. The highest BCUT2D eigenvalue weighted by molar-refractivity contribution is 5.91. The zero-order valence-electron chi connectivity index (χ0n) is 17.8. The molecule has 0 heterocycles. The van der Waals surface area contributed by atoms with Crippen LogP contribution in [0.5, 0.6) is 11.5 Å². The average molecular weight is 438 g/mol. The Balaban J connectivity index is 1.57. The number of nitrogens with zero attached hydrogens (tertiary/aromatic N) is 2. The maximum atomic E-state index is 14.3. The highest BCUT2D eigenvalue weighted by Crippen LogP contribution is 2.27. The normalized spacial score (nSPS) is 11.0. The Morgan fingerprint density at radius 1 is 0.812 bits per heavy atom. The summed E-state index contributed by atoms with van der Waals surface area (Å²) in [7, 11) is 0. The molecule has 0 spiro atoms. The first kappa shape index (κ1) is 23.1. The topological polar surface area (TPSA) is 60.2 Å². The fourth-order valence-corrected chi connectivity index (χ4v) is 2.84. The molecule has 3 aromatic rings. The van der Waals surface area contributed by atoms with Crippen LogP contribution in [0.2, 0.25) is 0 Å². The van der Waals surface area contributed by atoms with Crippen molar-refractivity contribution in [2.24, 2.45) is 10.2 Å². The van der Waals surface area contributed by atoms with Crippen LogP contribution in [0.25, 0.3) is 0 Å². The Bertz CT molecular complexity index is 1070. The van der Waals surface area contributed by atoms with Gasteiger partial charge in [-0.25, -0.2) is 13.6 Å². The van der Waals surface area contributed by atoms with Crippen LogP contribution in [-0.2, 0) is 0 Å². The van der Waals surface area contributed by atoms with E-state index < -0.39 is 17.6 Å². The Labute approximate surface area is 185 Å². The van der Waals surface area contributed by atoms with Gasteiger partial charge in [0.25, 0.3) is 0 Å². The van der Waals surface area contributed by atoms with E-state index in [0.717, 1.165) is 18.9 Å². The second-order valence-electron chi connectivity index (χ2n) is 7.09. The lowest BCUT2D eigenvalue weighted by Crippen LogP contribution is -2.08. The number of hydrogen-bond acceptors (Lipinski definition) is 5. The van der Waals surface area contributed by atoms with Crippen molar-refractivity contribution in [3.05, 3.63) is 83.9 Å². The first-order valence-electron chi connectivity index (χ1n) is 10.5. The van der Waals surface area contributed by atoms with Gasteiger partial charge in [0.1, 0.15) is 22.9 Å². The number of azo groups is 1. The van der Waals surface area contributed by atoms with E-state index in [4.69, 9.17) is 9.47 Å². The molecule has 3 aromatic carbocycles. The third-order valence-corrected chi connectivity index (χ3v) is 4.60. The Hall–Kier alpha value is -3.61. The summed E-state index contributed by atoms with van der Waals surface area (Å²) in [5.41, 5.74) is 0.205. The predicted molar refractivity (Wildman–Crippen MR) is 118 cm³/mol. The molecule has 0 saturated heterocycles. The van der Waals surface area contributed by atoms with Crippen molar-refractivity contribution in [3.8, 4) is 11.5 Å². The van der Waals surface area contributed by atoms with E-state index in [9.17, 15) is 13.6 Å². The van der Waals surface area contributed by atoms with E-state index in [1.807, 2.05) is 0 Å². The molecule has 3 rings (SSSR count). The van der Waals surface area contributed by atoms with E-state index >= 15 is 0 Å². The third-order valence-electron chi connectivity index (χ3n) is 4.60. The van der Waals surface area contributed by atoms with Gasteiger partial charge in [-0.15, -0.1) is 10.2 Å². The van der Waals surface area contributed by atoms with E-state index in [0.29, 0.717) is 17.9 Å². The predicted octanol–water partition coefficient (Wildman–Crippen LogP) is 7.56. The number of carbonyl (C=O) groups excluding carboxylic acids is 1. The summed E-state index contributed by atoms with van der Waals surface area (Å²) in [6.07, 6.45) is 4.46. The average Bonchev–Trinajstić information content (AvgIpc) is 2.80. The number of halogens is 2. The van der Waals surface area contributed by atoms with Crippen molar-refractivity contribution in [1.29, 1.82) is 0 Å². The molecule has 0 radical (unpaired) electrons. The fraction of sp³-hybridized carbons (Fsp3) is 0.240. The summed E-state index contributed by atoms with van der Waals surface area (Å²) >= 11 is 0. The molecule has 0 fully saturated rings. The minimum atomic E-state index is -0.748. The van der Waals surface area contributed by atoms with E-state index in [1.165, 1.54) is 43.2 Å². The lowest BCUT2D eigenvalue weighted by atomic mass is 10.2. The highest BCUT2D eigenvalue weighted by Gasteiger charge is 2.11. The van der Waals surface area contributed by atoms with Crippen molar-refractivity contribution >= 4 is 17.3 Å². The van der Waals surface area contributed by atoms with Gasteiger partial charge in [0.15, 0.2) is 11.6 Å². The fourth-order valence-electron chi connectivity index (χ4n) is 2.84. The zero-order chi connectivity index (χ0) is 22.8. The summed E-state index contributed by atoms with van der Waals surface area (Å²) < 4.78 is 38.8. The van der Waals surface area contributed by atoms with Gasteiger partial charge in [-0.2, -0.15) is 0 Å². The molecule has 0 aliphatic carbocycles. The molecule has 0 atom stereocenters. The van der Waals surface area contributed by atoms with E-state index in [-0.39, 0.29) is 17.1 Å². The lowest BCUT2D eigenvalue weighted by Gasteiger charge is -2.08. The SMILES string of the molecule is CCCCCCOc1ccc(C(=O)Oc2ccc(N=Nc3ccccc3F)c(F)c2)cc1. The van der Waals surface area contributed by atoms with E-state index in [2.05, 4.69) is 17.2 Å². The third kappa shape index (κ3) is 6.70. The molecule has 32 heavy (non-hydrogen) atoms. The quantitative estimate of drug-likeness (QED) is 0.142. The smallest absolute Gasteiger partial charge is 0.343 e. The van der Waals surface area contributed by atoms with E-state index in [1.54, 1.807) is 30.3 Å². The Morgan fingerprint density at radius 2 is 1.50 bits per heavy atom. The number of ether oxygens (including phenoxy) is 2. The minimum absolute atomic E-state index is 0.00390. The van der Waals surface area contributed by atoms with Crippen molar-refractivity contribution in [3.63, 3.8) is 0 Å². The molecule has 0 saturated carbocycles. The summed E-state index contributed by atoms with van der Waals surface area (Å²) in [6.45, 7) is 2.78. The largest absolute Gasteiger partial charge is 0.494 e. The molecule has 0 aliphatic heterocycles. The number of benzene rings is 3. The number of hydrogen-bond donors (Lipinski definition) is 0. The van der Waals surface area contributed by atoms with Crippen LogP contribution in [0.1, 0.15) is 43.0 Å². The second kappa shape index (κ2) is 11.7. The summed E-state index contributed by atoms with van der Waals surface area (Å²) in [6, 6.07) is 16.1. The van der Waals surface area contributed by atoms with Gasteiger partial charge >= 0.3 is 5.97 Å². The van der Waals surface area contributed by atoms with Gasteiger partial charge in [-0.3, -0.25) is 0 Å². The van der Waals surface area contributed by atoms with Crippen LogP contribution in [0.4, 0.5) is 20.2 Å². The molecule has 0 amide bonds. The van der Waals surface area contributed by atoms with Gasteiger partial charge < -0.3 is 9.47 Å². The van der Waals surface area contributed by atoms with Crippen LogP contribution < -0.4 is 9.47 Å². The van der Waals surface area contributed by atoms with Crippen LogP contribution >= 0.6 is 0 Å². The molecule has 5 nitrogen and oxygen atoms in total. The number of rotatable bonds is 10. The molecule has 0 N–H and O–H groups in total. The first-order chi connectivity index (χ1) is 15.6. The molecule has 0 bridgehead atoms. The van der Waals surface area contributed by atoms with Gasteiger partial charge in [0, 0.05) is 6.07 Å². The zero-order valence-corrected chi connectivity index (χ0v) is 17.8. The van der Waals surface area contributed by atoms with Crippen LogP contribution in [0, 0.1) is 11.6 Å². The van der Waals surface area contributed by atoms with Crippen molar-refractivity contribution in [2.75, 3.05) is 6.61 Å². The van der Waals surface area contributed by atoms with Gasteiger partial charge in [0.2, 0.25) is 0 Å². The molecular formula is C25H24F2N2O3. The molecular weight excluding hydrogens is 414 g/mol. The first-order valence-corrected chi connectivity index (χ1v) is 10.5. The lowest BCUT2D eigenvalue weighted by molar-refractivity contribution is 0.0734. The van der Waals surface area contributed by atoms with Gasteiger partial charge in [-0.05, 0) is 55.0 Å².